The quantitative estimate of drug-likeness (QED) is 0.323. The second kappa shape index (κ2) is 7.64. The number of oxime groups is 1. The van der Waals surface area contributed by atoms with Gasteiger partial charge in [-0.2, -0.15) is 0 Å². The number of amides is 1. The van der Waals surface area contributed by atoms with Gasteiger partial charge in [0, 0.05) is 19.1 Å². The third kappa shape index (κ3) is 3.31. The summed E-state index contributed by atoms with van der Waals surface area (Å²) < 4.78 is 0. The van der Waals surface area contributed by atoms with Gasteiger partial charge in [0.1, 0.15) is 5.41 Å². The number of nitrogens with zero attached hydrogens (tertiary/aromatic N) is 3. The molecule has 1 unspecified atom stereocenters. The van der Waals surface area contributed by atoms with Crippen LogP contribution in [0.3, 0.4) is 0 Å². The fraction of sp³-hybridized carbons (Fsp3) is 0.867. The molecule has 122 valence electrons. The Morgan fingerprint density at radius 1 is 1.33 bits per heavy atom. The zero-order valence-corrected chi connectivity index (χ0v) is 13.8. The van der Waals surface area contributed by atoms with Crippen molar-refractivity contribution in [1.29, 1.82) is 0 Å². The zero-order chi connectivity index (χ0) is 16.0. The van der Waals surface area contributed by atoms with Crippen molar-refractivity contribution in [3.63, 3.8) is 0 Å². The van der Waals surface area contributed by atoms with Gasteiger partial charge in [-0.25, -0.2) is 0 Å². The maximum absolute atomic E-state index is 12.9. The van der Waals surface area contributed by atoms with Gasteiger partial charge in [0.25, 0.3) is 0 Å². The lowest BCUT2D eigenvalue weighted by Gasteiger charge is -2.33. The lowest BCUT2D eigenvalue weighted by molar-refractivity contribution is -0.138. The first-order valence-electron chi connectivity index (χ1n) is 8.02. The largest absolute Gasteiger partial charge is 0.409 e. The fourth-order valence-electron chi connectivity index (χ4n) is 3.39. The summed E-state index contributed by atoms with van der Waals surface area (Å²) in [6, 6.07) is 0.419. The van der Waals surface area contributed by atoms with Crippen LogP contribution in [0.5, 0.6) is 0 Å². The van der Waals surface area contributed by atoms with E-state index in [0.717, 1.165) is 32.6 Å². The second-order valence-electron chi connectivity index (χ2n) is 5.69. The highest BCUT2D eigenvalue weighted by atomic mass is 16.4. The van der Waals surface area contributed by atoms with E-state index in [1.807, 2.05) is 18.7 Å². The minimum atomic E-state index is -0.868. The van der Waals surface area contributed by atoms with Gasteiger partial charge in [0.2, 0.25) is 5.91 Å². The van der Waals surface area contributed by atoms with Gasteiger partial charge in [0.15, 0.2) is 5.84 Å². The highest BCUT2D eigenvalue weighted by Crippen LogP contribution is 2.31. The molecule has 1 heterocycles. The van der Waals surface area contributed by atoms with Gasteiger partial charge in [-0.15, -0.1) is 0 Å². The fourth-order valence-corrected chi connectivity index (χ4v) is 3.39. The number of hydrogen-bond donors (Lipinski definition) is 2. The maximum Gasteiger partial charge on any atom is 0.236 e. The molecule has 6 heteroatoms. The van der Waals surface area contributed by atoms with Gasteiger partial charge in [-0.3, -0.25) is 9.69 Å². The number of nitrogens with two attached hydrogens (primary N) is 1. The van der Waals surface area contributed by atoms with Gasteiger partial charge < -0.3 is 15.8 Å². The lowest BCUT2D eigenvalue weighted by atomic mass is 9.79. The van der Waals surface area contributed by atoms with Crippen LogP contribution in [0.15, 0.2) is 5.16 Å². The predicted molar refractivity (Wildman–Crippen MR) is 84.3 cm³/mol. The molecule has 0 radical (unpaired) electrons. The molecule has 0 aromatic heterocycles. The van der Waals surface area contributed by atoms with Crippen LogP contribution in [-0.4, -0.2) is 59.0 Å². The lowest BCUT2D eigenvalue weighted by Crippen LogP contribution is -2.51. The van der Waals surface area contributed by atoms with Crippen LogP contribution in [0.2, 0.25) is 0 Å². The molecule has 0 saturated carbocycles. The van der Waals surface area contributed by atoms with E-state index in [9.17, 15) is 4.79 Å². The number of likely N-dealkylation sites (N-methyl/N-ethyl adjacent to an activating group) is 1. The summed E-state index contributed by atoms with van der Waals surface area (Å²) >= 11 is 0. The number of likely N-dealkylation sites (tertiary alicyclic amines) is 1. The normalized spacial score (nSPS) is 20.3. The first kappa shape index (κ1) is 17.8. The molecule has 1 atom stereocenters. The van der Waals surface area contributed by atoms with E-state index in [1.54, 1.807) is 0 Å². The minimum Gasteiger partial charge on any atom is -0.409 e. The SMILES string of the molecule is CCN(CC)C1CCN(C(=O)C(CC)(CC)C(N)=NO)C1. The van der Waals surface area contributed by atoms with Gasteiger partial charge in [-0.1, -0.05) is 32.9 Å². The number of rotatable bonds is 7. The first-order chi connectivity index (χ1) is 10.00. The summed E-state index contributed by atoms with van der Waals surface area (Å²) in [6.07, 6.45) is 2.09. The number of amidine groups is 1. The zero-order valence-electron chi connectivity index (χ0n) is 13.8. The molecule has 1 amide bonds. The van der Waals surface area contributed by atoms with Crippen LogP contribution in [-0.2, 0) is 4.79 Å². The summed E-state index contributed by atoms with van der Waals surface area (Å²) in [4.78, 5) is 17.2. The third-order valence-electron chi connectivity index (χ3n) is 4.99. The van der Waals surface area contributed by atoms with Gasteiger partial charge >= 0.3 is 0 Å². The molecule has 3 N–H and O–H groups in total. The van der Waals surface area contributed by atoms with E-state index in [0.29, 0.717) is 18.9 Å². The summed E-state index contributed by atoms with van der Waals surface area (Å²) in [5.41, 5.74) is 4.96. The smallest absolute Gasteiger partial charge is 0.236 e. The van der Waals surface area contributed by atoms with Crippen LogP contribution >= 0.6 is 0 Å². The number of hydrogen-bond acceptors (Lipinski definition) is 4. The van der Waals surface area contributed by atoms with E-state index in [1.165, 1.54) is 0 Å². The van der Waals surface area contributed by atoms with Crippen molar-refractivity contribution in [1.82, 2.24) is 9.80 Å². The minimum absolute atomic E-state index is 0.00236. The van der Waals surface area contributed by atoms with Crippen LogP contribution in [0.25, 0.3) is 0 Å². The monoisotopic (exact) mass is 298 g/mol. The predicted octanol–water partition coefficient (Wildman–Crippen LogP) is 1.48. The molecular weight excluding hydrogens is 268 g/mol. The van der Waals surface area contributed by atoms with Crippen molar-refractivity contribution in [2.24, 2.45) is 16.3 Å². The van der Waals surface area contributed by atoms with Crippen LogP contribution < -0.4 is 5.73 Å². The molecule has 0 aliphatic carbocycles. The average molecular weight is 298 g/mol. The highest BCUT2D eigenvalue weighted by molar-refractivity contribution is 6.06. The van der Waals surface area contributed by atoms with Crippen molar-refractivity contribution in [3.05, 3.63) is 0 Å². The number of carbonyl (C=O) groups excluding carboxylic acids is 1. The summed E-state index contributed by atoms with van der Waals surface area (Å²) in [5, 5.41) is 12.1. The highest BCUT2D eigenvalue weighted by Gasteiger charge is 2.44. The molecule has 1 aliphatic rings. The molecule has 1 aliphatic heterocycles. The average Bonchev–Trinajstić information content (AvgIpc) is 2.99. The summed E-state index contributed by atoms with van der Waals surface area (Å²) in [5.74, 6) is 0.0289. The molecule has 0 bridgehead atoms. The Morgan fingerprint density at radius 3 is 2.33 bits per heavy atom. The molecule has 1 rings (SSSR count). The molecule has 1 saturated heterocycles. The van der Waals surface area contributed by atoms with Crippen LogP contribution in [0.1, 0.15) is 47.0 Å². The topological polar surface area (TPSA) is 82.2 Å². The van der Waals surface area contributed by atoms with Crippen LogP contribution in [0.4, 0.5) is 0 Å². The maximum atomic E-state index is 12.9. The standard InChI is InChI=1S/C15H30N4O2/c1-5-15(6-2,13(16)17-21)14(20)19-10-9-12(11-19)18(7-3)8-4/h12,21H,5-11H2,1-4H3,(H2,16,17). The Morgan fingerprint density at radius 2 is 1.90 bits per heavy atom. The van der Waals surface area contributed by atoms with Crippen molar-refractivity contribution in [2.45, 2.75) is 53.0 Å². The Hall–Kier alpha value is -1.30. The Balaban J connectivity index is 2.88. The molecule has 1 fully saturated rings. The molecule has 6 nitrogen and oxygen atoms in total. The van der Waals surface area contributed by atoms with E-state index in [2.05, 4.69) is 23.9 Å². The van der Waals surface area contributed by atoms with Crippen molar-refractivity contribution >= 4 is 11.7 Å². The molecule has 0 aromatic carbocycles. The second-order valence-corrected chi connectivity index (χ2v) is 5.69. The van der Waals surface area contributed by atoms with Gasteiger partial charge in [0.05, 0.1) is 0 Å². The van der Waals surface area contributed by atoms with Crippen molar-refractivity contribution in [2.75, 3.05) is 26.2 Å². The molecule has 21 heavy (non-hydrogen) atoms. The molecular formula is C15H30N4O2. The van der Waals surface area contributed by atoms with E-state index >= 15 is 0 Å². The van der Waals surface area contributed by atoms with Crippen LogP contribution in [0, 0.1) is 5.41 Å². The van der Waals surface area contributed by atoms with E-state index < -0.39 is 5.41 Å². The number of carbonyl (C=O) groups is 1. The Labute approximate surface area is 128 Å². The van der Waals surface area contributed by atoms with E-state index in [4.69, 9.17) is 10.9 Å². The van der Waals surface area contributed by atoms with Crippen molar-refractivity contribution < 1.29 is 10.0 Å². The molecule has 0 spiro atoms. The Kier molecular flexibility index (Phi) is 6.45. The summed E-state index contributed by atoms with van der Waals surface area (Å²) in [6.45, 7) is 11.6. The molecule has 0 aromatic rings. The summed E-state index contributed by atoms with van der Waals surface area (Å²) in [7, 11) is 0. The Bertz CT molecular complexity index is 376. The van der Waals surface area contributed by atoms with Gasteiger partial charge in [-0.05, 0) is 32.4 Å². The first-order valence-corrected chi connectivity index (χ1v) is 8.02. The van der Waals surface area contributed by atoms with E-state index in [-0.39, 0.29) is 11.7 Å². The third-order valence-corrected chi connectivity index (χ3v) is 4.99. The van der Waals surface area contributed by atoms with Crippen molar-refractivity contribution in [3.8, 4) is 0 Å².